The van der Waals surface area contributed by atoms with Gasteiger partial charge < -0.3 is 15.5 Å². The van der Waals surface area contributed by atoms with Gasteiger partial charge in [-0.05, 0) is 37.5 Å². The molecule has 0 fully saturated rings. The predicted octanol–water partition coefficient (Wildman–Crippen LogP) is 5.42. The van der Waals surface area contributed by atoms with E-state index < -0.39 is 23.7 Å². The monoisotopic (exact) mass is 450 g/mol. The fourth-order valence-corrected chi connectivity index (χ4v) is 3.99. The Kier molecular flexibility index (Phi) is 6.00. The molecule has 0 aliphatic heterocycles. The minimum Gasteiger partial charge on any atom is -0.465 e. The van der Waals surface area contributed by atoms with Crippen molar-refractivity contribution in [2.24, 2.45) is 5.41 Å². The summed E-state index contributed by atoms with van der Waals surface area (Å²) in [6, 6.07) is 4.54. The zero-order chi connectivity index (χ0) is 22.4. The summed E-state index contributed by atoms with van der Waals surface area (Å²) in [5, 5.41) is 23.1. The van der Waals surface area contributed by atoms with Crippen LogP contribution in [0.1, 0.15) is 56.8 Å². The largest absolute Gasteiger partial charge is 0.465 e. The van der Waals surface area contributed by atoms with E-state index in [4.69, 9.17) is 23.2 Å². The quantitative estimate of drug-likeness (QED) is 0.492. The first-order chi connectivity index (χ1) is 13.9. The lowest BCUT2D eigenvalue weighted by molar-refractivity contribution is 0.174. The zero-order valence-electron chi connectivity index (χ0n) is 17.4. The molecule has 7 nitrogen and oxygen atoms in total. The van der Waals surface area contributed by atoms with Crippen molar-refractivity contribution in [3.05, 3.63) is 51.4 Å². The third kappa shape index (κ3) is 4.24. The van der Waals surface area contributed by atoms with Gasteiger partial charge in [-0.2, -0.15) is 0 Å². The first-order valence-electron chi connectivity index (χ1n) is 9.42. The minimum atomic E-state index is -1.14. The molecule has 0 saturated heterocycles. The number of hydrogen-bond acceptors (Lipinski definition) is 4. The van der Waals surface area contributed by atoms with Crippen molar-refractivity contribution in [3.63, 3.8) is 0 Å². The van der Waals surface area contributed by atoms with E-state index >= 15 is 0 Å². The predicted molar refractivity (Wildman–Crippen MR) is 117 cm³/mol. The minimum absolute atomic E-state index is 0.385. The number of carboxylic acid groups (broad SMARTS) is 1. The highest BCUT2D eigenvalue weighted by Gasteiger charge is 2.34. The van der Waals surface area contributed by atoms with Gasteiger partial charge in [-0.15, -0.1) is 0 Å². The molecule has 3 aromatic rings. The van der Waals surface area contributed by atoms with Gasteiger partial charge in [0.05, 0.1) is 28.6 Å². The summed E-state index contributed by atoms with van der Waals surface area (Å²) in [6.45, 7) is 9.26. The van der Waals surface area contributed by atoms with Crippen molar-refractivity contribution >= 4 is 35.1 Å². The number of nitrogens with zero attached hydrogens (tertiary/aromatic N) is 3. The molecule has 2 unspecified atom stereocenters. The summed E-state index contributed by atoms with van der Waals surface area (Å²) < 4.78 is 1.74. The SMILES string of the molecule is Cc1nc2nc(C(C)O)cn2c(-c2ccc(Cl)cc2Cl)c1C(NC(=O)O)C(C)(C)C. The highest BCUT2D eigenvalue weighted by molar-refractivity contribution is 6.36. The van der Waals surface area contributed by atoms with Gasteiger partial charge in [0.1, 0.15) is 0 Å². The molecule has 1 amide bonds. The molecule has 0 aliphatic rings. The molecule has 0 aliphatic carbocycles. The third-order valence-electron chi connectivity index (χ3n) is 4.90. The van der Waals surface area contributed by atoms with E-state index in [0.29, 0.717) is 44.0 Å². The summed E-state index contributed by atoms with van der Waals surface area (Å²) in [5.41, 5.74) is 2.56. The Balaban J connectivity index is 2.46. The molecule has 30 heavy (non-hydrogen) atoms. The maximum Gasteiger partial charge on any atom is 0.405 e. The van der Waals surface area contributed by atoms with Crippen LogP contribution in [-0.4, -0.2) is 30.7 Å². The Morgan fingerprint density at radius 3 is 2.43 bits per heavy atom. The van der Waals surface area contributed by atoms with Crippen molar-refractivity contribution in [3.8, 4) is 11.3 Å². The second-order valence-electron chi connectivity index (χ2n) is 8.34. The summed E-state index contributed by atoms with van der Waals surface area (Å²) in [5.74, 6) is 0.385. The molecule has 2 aromatic heterocycles. The maximum absolute atomic E-state index is 11.6. The normalized spacial score (nSPS) is 14.0. The topological polar surface area (TPSA) is 99.8 Å². The van der Waals surface area contributed by atoms with Crippen LogP contribution in [0.25, 0.3) is 17.0 Å². The Labute approximate surface area is 184 Å². The average molecular weight is 451 g/mol. The zero-order valence-corrected chi connectivity index (χ0v) is 18.9. The van der Waals surface area contributed by atoms with Crippen molar-refractivity contribution in [2.75, 3.05) is 0 Å². The molecule has 0 saturated carbocycles. The summed E-state index contributed by atoms with van der Waals surface area (Å²) in [4.78, 5) is 20.6. The van der Waals surface area contributed by atoms with Crippen LogP contribution < -0.4 is 5.32 Å². The van der Waals surface area contributed by atoms with Crippen LogP contribution in [0, 0.1) is 12.3 Å². The number of aliphatic hydroxyl groups excluding tert-OH is 1. The number of nitrogens with one attached hydrogen (secondary N) is 1. The van der Waals surface area contributed by atoms with E-state index in [-0.39, 0.29) is 0 Å². The molecule has 0 bridgehead atoms. The molecule has 2 heterocycles. The maximum atomic E-state index is 11.6. The molecular formula is C21H24Cl2N4O3. The number of imidazole rings is 1. The molecule has 1 aromatic carbocycles. The molecule has 160 valence electrons. The number of benzene rings is 1. The van der Waals surface area contributed by atoms with Gasteiger partial charge in [-0.25, -0.2) is 14.8 Å². The van der Waals surface area contributed by atoms with Crippen molar-refractivity contribution in [1.29, 1.82) is 0 Å². The van der Waals surface area contributed by atoms with E-state index in [1.165, 1.54) is 0 Å². The second-order valence-corrected chi connectivity index (χ2v) is 9.19. The van der Waals surface area contributed by atoms with Gasteiger partial charge in [-0.3, -0.25) is 4.40 Å². The Morgan fingerprint density at radius 2 is 1.90 bits per heavy atom. The van der Waals surface area contributed by atoms with E-state index in [0.717, 1.165) is 0 Å². The van der Waals surface area contributed by atoms with Crippen molar-refractivity contribution < 1.29 is 15.0 Å². The number of rotatable bonds is 4. The van der Waals surface area contributed by atoms with E-state index in [1.807, 2.05) is 27.7 Å². The van der Waals surface area contributed by atoms with Crippen LogP contribution in [0.15, 0.2) is 24.4 Å². The van der Waals surface area contributed by atoms with E-state index in [2.05, 4.69) is 15.3 Å². The molecule has 2 atom stereocenters. The van der Waals surface area contributed by atoms with Crippen LogP contribution in [0.5, 0.6) is 0 Å². The summed E-state index contributed by atoms with van der Waals surface area (Å²) >= 11 is 12.7. The van der Waals surface area contributed by atoms with Crippen LogP contribution in [0.3, 0.4) is 0 Å². The Hall–Kier alpha value is -2.35. The van der Waals surface area contributed by atoms with Gasteiger partial charge in [0, 0.05) is 28.0 Å². The number of aryl methyl sites for hydroxylation is 1. The number of aliphatic hydroxyl groups is 1. The first kappa shape index (κ1) is 22.3. The molecule has 3 N–H and O–H groups in total. The lowest BCUT2D eigenvalue weighted by atomic mass is 9.80. The molecule has 0 radical (unpaired) electrons. The lowest BCUT2D eigenvalue weighted by Crippen LogP contribution is -2.37. The summed E-state index contributed by atoms with van der Waals surface area (Å²) in [6.07, 6.45) is -0.242. The van der Waals surface area contributed by atoms with Crippen LogP contribution in [0.2, 0.25) is 10.0 Å². The lowest BCUT2D eigenvalue weighted by Gasteiger charge is -2.33. The number of halogens is 2. The van der Waals surface area contributed by atoms with Crippen LogP contribution in [0.4, 0.5) is 4.79 Å². The van der Waals surface area contributed by atoms with E-state index in [9.17, 15) is 15.0 Å². The van der Waals surface area contributed by atoms with Gasteiger partial charge >= 0.3 is 6.09 Å². The number of amides is 1. The average Bonchev–Trinajstić information content (AvgIpc) is 3.02. The molecule has 3 rings (SSSR count). The number of aromatic nitrogens is 3. The fraction of sp³-hybridized carbons (Fsp3) is 0.381. The van der Waals surface area contributed by atoms with Crippen molar-refractivity contribution in [1.82, 2.24) is 19.7 Å². The highest BCUT2D eigenvalue weighted by Crippen LogP contribution is 2.42. The smallest absolute Gasteiger partial charge is 0.405 e. The summed E-state index contributed by atoms with van der Waals surface area (Å²) in [7, 11) is 0. The molecule has 9 heteroatoms. The second kappa shape index (κ2) is 8.06. The molecular weight excluding hydrogens is 427 g/mol. The van der Waals surface area contributed by atoms with Gasteiger partial charge in [0.2, 0.25) is 5.78 Å². The number of hydrogen-bond donors (Lipinski definition) is 3. The number of carbonyl (C=O) groups is 1. The Bertz CT molecular complexity index is 1120. The van der Waals surface area contributed by atoms with Gasteiger partial charge in [0.25, 0.3) is 0 Å². The van der Waals surface area contributed by atoms with Crippen LogP contribution in [-0.2, 0) is 0 Å². The van der Waals surface area contributed by atoms with E-state index in [1.54, 1.807) is 35.7 Å². The fourth-order valence-electron chi connectivity index (χ4n) is 3.49. The number of fused-ring (bicyclic) bond motifs is 1. The van der Waals surface area contributed by atoms with Crippen LogP contribution >= 0.6 is 23.2 Å². The first-order valence-corrected chi connectivity index (χ1v) is 10.2. The molecule has 0 spiro atoms. The van der Waals surface area contributed by atoms with Gasteiger partial charge in [-0.1, -0.05) is 44.0 Å². The van der Waals surface area contributed by atoms with Gasteiger partial charge in [0.15, 0.2) is 0 Å². The third-order valence-corrected chi connectivity index (χ3v) is 5.44. The van der Waals surface area contributed by atoms with Crippen molar-refractivity contribution in [2.45, 2.75) is 46.8 Å². The highest BCUT2D eigenvalue weighted by atomic mass is 35.5. The standard InChI is InChI=1S/C21H24Cl2N4O3/c1-10-16(18(21(3,4)5)26-20(29)30)17(13-7-6-12(22)8-14(13)23)27-9-15(11(2)28)25-19(27)24-10/h6-9,11,18,26,28H,1-5H3,(H,29,30). The Morgan fingerprint density at radius 1 is 1.23 bits per heavy atom.